The lowest BCUT2D eigenvalue weighted by atomic mass is 9.88. The summed E-state index contributed by atoms with van der Waals surface area (Å²) in [6.07, 6.45) is 36.9. The van der Waals surface area contributed by atoms with Crippen LogP contribution >= 0.6 is 0 Å². The molecule has 0 fully saturated rings. The lowest BCUT2D eigenvalue weighted by Crippen LogP contribution is -2.14. The maximum Gasteiger partial charge on any atom is 0.0542 e. The van der Waals surface area contributed by atoms with E-state index in [1.54, 1.807) is 0 Å². The summed E-state index contributed by atoms with van der Waals surface area (Å²) >= 11 is 0. The third-order valence-corrected chi connectivity index (χ3v) is 7.68. The molecular weight excluding hydrogens is 400 g/mol. The van der Waals surface area contributed by atoms with Crippen molar-refractivity contribution < 1.29 is 5.11 Å². The molecule has 0 saturated heterocycles. The van der Waals surface area contributed by atoms with Crippen LogP contribution in [0.4, 0.5) is 0 Å². The largest absolute Gasteiger partial charge is 0.393 e. The van der Waals surface area contributed by atoms with Crippen LogP contribution in [0.5, 0.6) is 0 Å². The van der Waals surface area contributed by atoms with Crippen LogP contribution in [-0.2, 0) is 0 Å². The van der Waals surface area contributed by atoms with E-state index in [1.807, 2.05) is 0 Å². The average Bonchev–Trinajstić information content (AvgIpc) is 2.81. The summed E-state index contributed by atoms with van der Waals surface area (Å²) in [5.74, 6) is 0.768. The molecule has 0 amide bonds. The lowest BCUT2D eigenvalue weighted by Gasteiger charge is -2.20. The quantitative estimate of drug-likeness (QED) is 0.114. The van der Waals surface area contributed by atoms with Gasteiger partial charge in [-0.3, -0.25) is 0 Å². The molecule has 33 heavy (non-hydrogen) atoms. The Balaban J connectivity index is 3.83. The second-order valence-electron chi connectivity index (χ2n) is 11.2. The molecule has 0 rings (SSSR count). The van der Waals surface area contributed by atoms with Gasteiger partial charge in [0.2, 0.25) is 0 Å². The summed E-state index contributed by atoms with van der Waals surface area (Å²) in [5, 5.41) is 10.7. The third kappa shape index (κ3) is 26.4. The fourth-order valence-electron chi connectivity index (χ4n) is 5.35. The maximum atomic E-state index is 10.7. The van der Waals surface area contributed by atoms with Crippen molar-refractivity contribution in [1.82, 2.24) is 0 Å². The van der Waals surface area contributed by atoms with Crippen LogP contribution in [0.3, 0.4) is 0 Å². The van der Waals surface area contributed by atoms with Gasteiger partial charge in [-0.05, 0) is 18.8 Å². The van der Waals surface area contributed by atoms with Gasteiger partial charge in [0.05, 0.1) is 6.10 Å². The zero-order valence-corrected chi connectivity index (χ0v) is 23.7. The molecule has 0 aromatic rings. The predicted molar refractivity (Wildman–Crippen MR) is 151 cm³/mol. The molecule has 0 heterocycles. The Morgan fingerprint density at radius 1 is 0.364 bits per heavy atom. The number of aliphatic hydroxyl groups is 1. The highest BCUT2D eigenvalue weighted by atomic mass is 16.3. The van der Waals surface area contributed by atoms with Gasteiger partial charge in [-0.15, -0.1) is 0 Å². The van der Waals surface area contributed by atoms with E-state index in [2.05, 4.69) is 20.8 Å². The van der Waals surface area contributed by atoms with Crippen LogP contribution in [-0.4, -0.2) is 11.2 Å². The zero-order chi connectivity index (χ0) is 24.2. The van der Waals surface area contributed by atoms with E-state index in [9.17, 15) is 5.11 Å². The third-order valence-electron chi connectivity index (χ3n) is 7.68. The van der Waals surface area contributed by atoms with Crippen LogP contribution in [0.2, 0.25) is 0 Å². The second kappa shape index (κ2) is 28.2. The molecule has 0 saturated carbocycles. The Kier molecular flexibility index (Phi) is 28.2. The summed E-state index contributed by atoms with van der Waals surface area (Å²) < 4.78 is 0. The van der Waals surface area contributed by atoms with Gasteiger partial charge in [0.1, 0.15) is 0 Å². The number of hydrogen-bond acceptors (Lipinski definition) is 1. The number of hydrogen-bond donors (Lipinski definition) is 1. The van der Waals surface area contributed by atoms with Gasteiger partial charge in [0.25, 0.3) is 0 Å². The molecular formula is C32H66O. The first-order chi connectivity index (χ1) is 16.2. The first kappa shape index (κ1) is 33.0. The SMILES string of the molecule is CCCCCCCCCCCCCCC(CCCCCC)CC(O)CCCCCCCCC. The molecule has 0 aromatic heterocycles. The Morgan fingerprint density at radius 3 is 1.00 bits per heavy atom. The molecule has 0 aromatic carbocycles. The molecule has 2 atom stereocenters. The van der Waals surface area contributed by atoms with E-state index in [4.69, 9.17) is 0 Å². The second-order valence-corrected chi connectivity index (χ2v) is 11.2. The van der Waals surface area contributed by atoms with Crippen molar-refractivity contribution >= 4 is 0 Å². The molecule has 200 valence electrons. The van der Waals surface area contributed by atoms with E-state index in [0.29, 0.717) is 0 Å². The summed E-state index contributed by atoms with van der Waals surface area (Å²) in [6, 6.07) is 0. The average molecular weight is 467 g/mol. The van der Waals surface area contributed by atoms with Crippen LogP contribution in [0.1, 0.15) is 194 Å². The highest BCUT2D eigenvalue weighted by molar-refractivity contribution is 4.67. The monoisotopic (exact) mass is 467 g/mol. The number of aliphatic hydroxyl groups excluding tert-OH is 1. The lowest BCUT2D eigenvalue weighted by molar-refractivity contribution is 0.123. The minimum Gasteiger partial charge on any atom is -0.393 e. The van der Waals surface area contributed by atoms with E-state index in [1.165, 1.54) is 161 Å². The van der Waals surface area contributed by atoms with Crippen molar-refractivity contribution in [2.24, 2.45) is 5.92 Å². The summed E-state index contributed by atoms with van der Waals surface area (Å²) in [7, 11) is 0. The molecule has 0 bridgehead atoms. The summed E-state index contributed by atoms with van der Waals surface area (Å²) in [4.78, 5) is 0. The highest BCUT2D eigenvalue weighted by Gasteiger charge is 2.14. The Labute approximate surface area is 211 Å². The molecule has 0 spiro atoms. The first-order valence-electron chi connectivity index (χ1n) is 15.9. The van der Waals surface area contributed by atoms with Gasteiger partial charge < -0.3 is 5.11 Å². The van der Waals surface area contributed by atoms with E-state index in [-0.39, 0.29) is 6.10 Å². The van der Waals surface area contributed by atoms with Gasteiger partial charge in [0, 0.05) is 0 Å². The smallest absolute Gasteiger partial charge is 0.0542 e. The molecule has 0 aliphatic carbocycles. The fraction of sp³-hybridized carbons (Fsp3) is 1.00. The molecule has 1 nitrogen and oxygen atoms in total. The minimum atomic E-state index is -0.0471. The van der Waals surface area contributed by atoms with Crippen LogP contribution in [0.15, 0.2) is 0 Å². The molecule has 1 heteroatoms. The summed E-state index contributed by atoms with van der Waals surface area (Å²) in [5.41, 5.74) is 0. The van der Waals surface area contributed by atoms with Crippen molar-refractivity contribution in [3.63, 3.8) is 0 Å². The first-order valence-corrected chi connectivity index (χ1v) is 15.9. The van der Waals surface area contributed by atoms with Gasteiger partial charge in [-0.2, -0.15) is 0 Å². The molecule has 0 radical (unpaired) electrons. The van der Waals surface area contributed by atoms with Crippen LogP contribution in [0, 0.1) is 5.92 Å². The Hall–Kier alpha value is -0.0400. The van der Waals surface area contributed by atoms with Crippen LogP contribution in [0.25, 0.3) is 0 Å². The van der Waals surface area contributed by atoms with Crippen molar-refractivity contribution in [2.45, 2.75) is 200 Å². The normalized spacial score (nSPS) is 13.5. The topological polar surface area (TPSA) is 20.2 Å². The van der Waals surface area contributed by atoms with Gasteiger partial charge in [-0.1, -0.05) is 181 Å². The number of rotatable bonds is 28. The fourth-order valence-corrected chi connectivity index (χ4v) is 5.35. The van der Waals surface area contributed by atoms with Gasteiger partial charge >= 0.3 is 0 Å². The van der Waals surface area contributed by atoms with Gasteiger partial charge in [0.15, 0.2) is 0 Å². The summed E-state index contributed by atoms with van der Waals surface area (Å²) in [6.45, 7) is 6.89. The van der Waals surface area contributed by atoms with Crippen molar-refractivity contribution in [1.29, 1.82) is 0 Å². The van der Waals surface area contributed by atoms with Crippen molar-refractivity contribution in [2.75, 3.05) is 0 Å². The molecule has 0 aliphatic rings. The minimum absolute atomic E-state index is 0.0471. The van der Waals surface area contributed by atoms with Crippen LogP contribution < -0.4 is 0 Å². The van der Waals surface area contributed by atoms with Gasteiger partial charge in [-0.25, -0.2) is 0 Å². The molecule has 1 N–H and O–H groups in total. The van der Waals surface area contributed by atoms with E-state index < -0.39 is 0 Å². The zero-order valence-electron chi connectivity index (χ0n) is 23.7. The predicted octanol–water partition coefficient (Wildman–Crippen LogP) is 11.6. The Bertz CT molecular complexity index is 339. The Morgan fingerprint density at radius 2 is 0.636 bits per heavy atom. The standard InChI is InChI=1S/C32H66O/c1-4-7-10-13-15-16-17-18-19-21-22-25-28-31(27-24-12-9-6-3)30-32(33)29-26-23-20-14-11-8-5-2/h31-33H,4-30H2,1-3H3. The van der Waals surface area contributed by atoms with Crippen molar-refractivity contribution in [3.8, 4) is 0 Å². The maximum absolute atomic E-state index is 10.7. The van der Waals surface area contributed by atoms with E-state index in [0.717, 1.165) is 18.8 Å². The van der Waals surface area contributed by atoms with Crippen molar-refractivity contribution in [3.05, 3.63) is 0 Å². The number of unbranched alkanes of at least 4 members (excludes halogenated alkanes) is 20. The highest BCUT2D eigenvalue weighted by Crippen LogP contribution is 2.25. The van der Waals surface area contributed by atoms with E-state index >= 15 is 0 Å². The molecule has 0 aliphatic heterocycles. The molecule has 2 unspecified atom stereocenters.